The molecule has 1 atom stereocenters. The molecule has 3 heteroatoms. The van der Waals surface area contributed by atoms with Crippen LogP contribution in [-0.2, 0) is 11.2 Å². The molecule has 0 bridgehead atoms. The smallest absolute Gasteiger partial charge is 0.150 e. The molecule has 0 spiro atoms. The van der Waals surface area contributed by atoms with Gasteiger partial charge in [-0.3, -0.25) is 4.79 Å². The second kappa shape index (κ2) is 7.06. The molecule has 1 aliphatic carbocycles. The summed E-state index contributed by atoms with van der Waals surface area (Å²) in [4.78, 5) is 13.0. The Kier molecular flexibility index (Phi) is 4.40. The van der Waals surface area contributed by atoms with Crippen molar-refractivity contribution in [1.82, 2.24) is 4.57 Å². The Morgan fingerprint density at radius 2 is 1.46 bits per heavy atom. The number of rotatable bonds is 3. The fourth-order valence-electron chi connectivity index (χ4n) is 4.15. The molecular weight excluding hydrogens is 457 g/mol. The first-order chi connectivity index (χ1) is 13.7. The van der Waals surface area contributed by atoms with E-state index in [9.17, 15) is 4.79 Å². The highest BCUT2D eigenvalue weighted by atomic mass is 127. The maximum atomic E-state index is 13.0. The van der Waals surface area contributed by atoms with Gasteiger partial charge in [0, 0.05) is 21.4 Å². The first-order valence-electron chi connectivity index (χ1n) is 9.36. The van der Waals surface area contributed by atoms with Crippen molar-refractivity contribution in [3.63, 3.8) is 0 Å². The van der Waals surface area contributed by atoms with Gasteiger partial charge in [-0.15, -0.1) is 0 Å². The van der Waals surface area contributed by atoms with Crippen molar-refractivity contribution >= 4 is 28.4 Å². The molecule has 5 rings (SSSR count). The molecule has 1 unspecified atom stereocenters. The molecule has 136 valence electrons. The number of hydrogen-bond acceptors (Lipinski definition) is 1. The van der Waals surface area contributed by atoms with Crippen LogP contribution >= 0.6 is 22.6 Å². The van der Waals surface area contributed by atoms with E-state index in [1.807, 2.05) is 24.3 Å². The molecule has 4 aromatic rings. The van der Waals surface area contributed by atoms with Crippen LogP contribution in [0.1, 0.15) is 22.7 Å². The van der Waals surface area contributed by atoms with Gasteiger partial charge in [0.25, 0.3) is 0 Å². The van der Waals surface area contributed by atoms with Crippen LogP contribution in [0.3, 0.4) is 0 Å². The van der Waals surface area contributed by atoms with Crippen LogP contribution in [-0.4, -0.2) is 10.4 Å². The number of ketones is 1. The molecule has 1 aliphatic rings. The average Bonchev–Trinajstić information content (AvgIpc) is 3.24. The van der Waals surface area contributed by atoms with Crippen LogP contribution in [0, 0.1) is 3.57 Å². The van der Waals surface area contributed by atoms with Gasteiger partial charge in [-0.05, 0) is 69.6 Å². The zero-order valence-electron chi connectivity index (χ0n) is 15.2. The van der Waals surface area contributed by atoms with Crippen molar-refractivity contribution in [3.8, 4) is 16.9 Å². The number of Topliss-reactive ketones (excluding diaryl/α,β-unsaturated/α-hetero) is 1. The van der Waals surface area contributed by atoms with Gasteiger partial charge in [0.05, 0.1) is 11.6 Å². The van der Waals surface area contributed by atoms with E-state index in [1.54, 1.807) is 0 Å². The summed E-state index contributed by atoms with van der Waals surface area (Å²) < 4.78 is 3.48. The third-order valence-corrected chi connectivity index (χ3v) is 6.09. The largest absolute Gasteiger partial charge is 0.312 e. The first-order valence-corrected chi connectivity index (χ1v) is 10.4. The predicted molar refractivity (Wildman–Crippen MR) is 121 cm³/mol. The number of halogens is 1. The zero-order valence-corrected chi connectivity index (χ0v) is 17.3. The van der Waals surface area contributed by atoms with Crippen LogP contribution in [0.4, 0.5) is 0 Å². The normalized spacial score (nSPS) is 15.6. The Bertz CT molecular complexity index is 1140. The van der Waals surface area contributed by atoms with E-state index in [0.717, 1.165) is 33.8 Å². The van der Waals surface area contributed by atoms with Gasteiger partial charge in [-0.1, -0.05) is 60.7 Å². The Hall–Kier alpha value is -2.66. The van der Waals surface area contributed by atoms with Gasteiger partial charge in [0.1, 0.15) is 0 Å². The second-order valence-corrected chi connectivity index (χ2v) is 8.35. The van der Waals surface area contributed by atoms with Crippen molar-refractivity contribution in [3.05, 3.63) is 111 Å². The standard InChI is InChI=1S/C25H18INO/c26-20-11-13-21(14-12-20)27-22(17-7-3-1-4-8-17)15-19-16-23(28)24(25(19)27)18-9-5-2-6-10-18/h1-15,24H,16H2. The summed E-state index contributed by atoms with van der Waals surface area (Å²) in [6.45, 7) is 0. The highest BCUT2D eigenvalue weighted by Gasteiger charge is 2.36. The summed E-state index contributed by atoms with van der Waals surface area (Å²) in [7, 11) is 0. The van der Waals surface area contributed by atoms with E-state index in [1.165, 1.54) is 3.57 Å². The minimum Gasteiger partial charge on any atom is -0.312 e. The molecule has 0 radical (unpaired) electrons. The summed E-state index contributed by atoms with van der Waals surface area (Å²) >= 11 is 2.32. The second-order valence-electron chi connectivity index (χ2n) is 7.10. The number of benzene rings is 3. The van der Waals surface area contributed by atoms with Crippen molar-refractivity contribution in [2.45, 2.75) is 12.3 Å². The summed E-state index contributed by atoms with van der Waals surface area (Å²) in [5.41, 5.74) is 6.70. The van der Waals surface area contributed by atoms with Gasteiger partial charge in [-0.25, -0.2) is 0 Å². The molecule has 0 aliphatic heterocycles. The monoisotopic (exact) mass is 475 g/mol. The van der Waals surface area contributed by atoms with E-state index in [4.69, 9.17) is 0 Å². The molecule has 0 N–H and O–H groups in total. The Morgan fingerprint density at radius 3 is 2.14 bits per heavy atom. The Labute approximate surface area is 178 Å². The quantitative estimate of drug-likeness (QED) is 0.333. The highest BCUT2D eigenvalue weighted by molar-refractivity contribution is 14.1. The lowest BCUT2D eigenvalue weighted by Gasteiger charge is -2.18. The third kappa shape index (κ3) is 2.90. The number of aromatic nitrogens is 1. The summed E-state index contributed by atoms with van der Waals surface area (Å²) in [5.74, 6) is 0.0583. The van der Waals surface area contributed by atoms with E-state index in [-0.39, 0.29) is 11.7 Å². The lowest BCUT2D eigenvalue weighted by molar-refractivity contribution is -0.118. The molecule has 0 fully saturated rings. The van der Waals surface area contributed by atoms with Crippen LogP contribution < -0.4 is 0 Å². The van der Waals surface area contributed by atoms with Crippen molar-refractivity contribution in [1.29, 1.82) is 0 Å². The molecule has 0 saturated carbocycles. The van der Waals surface area contributed by atoms with Crippen LogP contribution in [0.15, 0.2) is 91.0 Å². The number of fused-ring (bicyclic) bond motifs is 1. The van der Waals surface area contributed by atoms with E-state index >= 15 is 0 Å². The van der Waals surface area contributed by atoms with Crippen LogP contribution in [0.25, 0.3) is 16.9 Å². The molecule has 2 nitrogen and oxygen atoms in total. The predicted octanol–water partition coefficient (Wildman–Crippen LogP) is 6.01. The van der Waals surface area contributed by atoms with E-state index < -0.39 is 0 Å². The molecule has 1 heterocycles. The van der Waals surface area contributed by atoms with Gasteiger partial charge in [-0.2, -0.15) is 0 Å². The minimum atomic E-state index is -0.215. The topological polar surface area (TPSA) is 22.0 Å². The van der Waals surface area contributed by atoms with Gasteiger partial charge < -0.3 is 4.57 Å². The number of carbonyl (C=O) groups is 1. The van der Waals surface area contributed by atoms with Crippen LogP contribution in [0.5, 0.6) is 0 Å². The lowest BCUT2D eigenvalue weighted by atomic mass is 9.95. The summed E-state index contributed by atoms with van der Waals surface area (Å²) in [6, 6.07) is 31.3. The van der Waals surface area contributed by atoms with Gasteiger partial charge in [0.15, 0.2) is 5.78 Å². The summed E-state index contributed by atoms with van der Waals surface area (Å²) in [6.07, 6.45) is 0.492. The van der Waals surface area contributed by atoms with E-state index in [2.05, 4.69) is 93.9 Å². The number of carbonyl (C=O) groups excluding carboxylic acids is 1. The van der Waals surface area contributed by atoms with Crippen molar-refractivity contribution in [2.75, 3.05) is 0 Å². The van der Waals surface area contributed by atoms with E-state index in [0.29, 0.717) is 6.42 Å². The molecule has 3 aromatic carbocycles. The Balaban J connectivity index is 1.78. The van der Waals surface area contributed by atoms with Crippen molar-refractivity contribution < 1.29 is 4.79 Å². The molecule has 28 heavy (non-hydrogen) atoms. The highest BCUT2D eigenvalue weighted by Crippen LogP contribution is 2.42. The molecule has 0 amide bonds. The third-order valence-electron chi connectivity index (χ3n) is 5.37. The van der Waals surface area contributed by atoms with Crippen molar-refractivity contribution in [2.24, 2.45) is 0 Å². The number of hydrogen-bond donors (Lipinski definition) is 0. The SMILES string of the molecule is O=C1Cc2cc(-c3ccccc3)n(-c3ccc(I)cc3)c2C1c1ccccc1. The maximum Gasteiger partial charge on any atom is 0.150 e. The van der Waals surface area contributed by atoms with Gasteiger partial charge >= 0.3 is 0 Å². The first kappa shape index (κ1) is 17.4. The molecule has 0 saturated heterocycles. The minimum absolute atomic E-state index is 0.215. The Morgan fingerprint density at radius 1 is 0.821 bits per heavy atom. The molecule has 1 aromatic heterocycles. The fraction of sp³-hybridized carbons (Fsp3) is 0.0800. The van der Waals surface area contributed by atoms with Crippen LogP contribution in [0.2, 0.25) is 0 Å². The molecular formula is C25H18INO. The lowest BCUT2D eigenvalue weighted by Crippen LogP contribution is -2.13. The maximum absolute atomic E-state index is 13.0. The zero-order chi connectivity index (χ0) is 19.1. The average molecular weight is 475 g/mol. The number of nitrogens with zero attached hydrogens (tertiary/aromatic N) is 1. The summed E-state index contributed by atoms with van der Waals surface area (Å²) in [5, 5.41) is 0. The van der Waals surface area contributed by atoms with Gasteiger partial charge in [0.2, 0.25) is 0 Å². The fourth-order valence-corrected chi connectivity index (χ4v) is 4.51.